The lowest BCUT2D eigenvalue weighted by Crippen LogP contribution is -2.58. The van der Waals surface area contributed by atoms with E-state index in [4.69, 9.17) is 4.12 Å². The molecule has 0 spiro atoms. The van der Waals surface area contributed by atoms with E-state index in [-0.39, 0.29) is 0 Å². The average Bonchev–Trinajstić information content (AvgIpc) is 1.78. The number of halogens is 3. The van der Waals surface area contributed by atoms with Gasteiger partial charge in [-0.15, -0.1) is 0 Å². The molecule has 0 amide bonds. The van der Waals surface area contributed by atoms with Crippen molar-refractivity contribution in [2.75, 3.05) is 0 Å². The second kappa shape index (κ2) is 3.82. The summed E-state index contributed by atoms with van der Waals surface area (Å²) in [5.41, 5.74) is 0. The lowest BCUT2D eigenvalue weighted by Gasteiger charge is -2.33. The molecule has 1 heterocycles. The lowest BCUT2D eigenvalue weighted by molar-refractivity contribution is 0.133. The van der Waals surface area contributed by atoms with Crippen LogP contribution in [0.15, 0.2) is 0 Å². The summed E-state index contributed by atoms with van der Waals surface area (Å²) in [6.45, 7) is 2.79. The highest BCUT2D eigenvalue weighted by molar-refractivity contribution is 6.81. The molecule has 0 bridgehead atoms. The van der Waals surface area contributed by atoms with E-state index in [2.05, 4.69) is 8.23 Å². The van der Waals surface area contributed by atoms with Crippen molar-refractivity contribution in [3.05, 3.63) is 0 Å². The van der Waals surface area contributed by atoms with Crippen molar-refractivity contribution in [3.63, 3.8) is 0 Å². The first-order valence-electron chi connectivity index (χ1n) is 3.97. The molecule has 2 atom stereocenters. The monoisotopic (exact) mass is 248 g/mol. The topological polar surface area (TPSA) is 27.7 Å². The zero-order chi connectivity index (χ0) is 10.1. The van der Waals surface area contributed by atoms with Crippen LogP contribution in [0, 0.1) is 0 Å². The van der Waals surface area contributed by atoms with E-state index in [9.17, 15) is 12.3 Å². The standard InChI is InChI=1S/C4H11F3O3Si3/c1-3-4-11-8-12(2,5)10-13(6,7)9-11/h11H,3-4H2,1-2H3. The van der Waals surface area contributed by atoms with Crippen molar-refractivity contribution >= 4 is 27.4 Å². The van der Waals surface area contributed by atoms with Gasteiger partial charge in [-0.05, 0) is 6.04 Å². The van der Waals surface area contributed by atoms with Crippen LogP contribution >= 0.6 is 0 Å². The number of hydrogen-bond donors (Lipinski definition) is 0. The van der Waals surface area contributed by atoms with Gasteiger partial charge in [0, 0.05) is 6.55 Å². The predicted molar refractivity (Wildman–Crippen MR) is 46.2 cm³/mol. The molecule has 0 aromatic carbocycles. The molecule has 0 aromatic rings. The fourth-order valence-electron chi connectivity index (χ4n) is 1.03. The molecular formula is C4H11F3O3Si3. The smallest absolute Gasteiger partial charge is 0.393 e. The van der Waals surface area contributed by atoms with Gasteiger partial charge in [0.25, 0.3) is 0 Å². The van der Waals surface area contributed by atoms with Gasteiger partial charge in [-0.2, -0.15) is 0 Å². The Morgan fingerprint density at radius 2 is 1.85 bits per heavy atom. The van der Waals surface area contributed by atoms with Crippen molar-refractivity contribution in [2.45, 2.75) is 25.9 Å². The molecule has 0 N–H and O–H groups in total. The van der Waals surface area contributed by atoms with Crippen LogP contribution in [-0.4, -0.2) is 27.4 Å². The normalized spacial score (nSPS) is 39.0. The van der Waals surface area contributed by atoms with Gasteiger partial charge in [0.1, 0.15) is 0 Å². The second-order valence-corrected chi connectivity index (χ2v) is 9.59. The molecule has 0 aliphatic carbocycles. The van der Waals surface area contributed by atoms with E-state index in [0.29, 0.717) is 12.5 Å². The molecule has 0 aromatic heterocycles. The predicted octanol–water partition coefficient (Wildman–Crippen LogP) is 1.59. The zero-order valence-corrected chi connectivity index (χ0v) is 10.5. The first-order valence-corrected chi connectivity index (χ1v) is 9.50. The number of rotatable bonds is 2. The molecule has 1 fully saturated rings. The summed E-state index contributed by atoms with van der Waals surface area (Å²) in [6, 6.07) is 0.401. The third kappa shape index (κ3) is 3.52. The van der Waals surface area contributed by atoms with Gasteiger partial charge in [0.15, 0.2) is 0 Å². The van der Waals surface area contributed by atoms with Crippen molar-refractivity contribution in [1.82, 2.24) is 0 Å². The van der Waals surface area contributed by atoms with E-state index in [1.165, 1.54) is 0 Å². The highest BCUT2D eigenvalue weighted by Gasteiger charge is 2.60. The fourth-order valence-corrected chi connectivity index (χ4v) is 9.12. The van der Waals surface area contributed by atoms with E-state index in [1.807, 2.05) is 6.92 Å². The van der Waals surface area contributed by atoms with Crippen LogP contribution in [0.5, 0.6) is 0 Å². The molecule has 1 rings (SSSR count). The van der Waals surface area contributed by atoms with Crippen LogP contribution in [-0.2, 0) is 12.3 Å². The maximum Gasteiger partial charge on any atom is 0.744 e. The van der Waals surface area contributed by atoms with Crippen LogP contribution in [0.1, 0.15) is 13.3 Å². The molecule has 13 heavy (non-hydrogen) atoms. The van der Waals surface area contributed by atoms with Crippen LogP contribution in [0.3, 0.4) is 0 Å². The van der Waals surface area contributed by atoms with Crippen LogP contribution in [0.25, 0.3) is 0 Å². The van der Waals surface area contributed by atoms with E-state index >= 15 is 0 Å². The Bertz CT molecular complexity index is 175. The Kier molecular flexibility index (Phi) is 3.35. The molecule has 1 saturated heterocycles. The molecule has 3 nitrogen and oxygen atoms in total. The highest BCUT2D eigenvalue weighted by atomic mass is 28.6. The minimum Gasteiger partial charge on any atom is -0.393 e. The Hall–Kier alpha value is 0.321. The largest absolute Gasteiger partial charge is 0.744 e. The summed E-state index contributed by atoms with van der Waals surface area (Å²) in [7, 11) is -11.8. The molecular weight excluding hydrogens is 237 g/mol. The van der Waals surface area contributed by atoms with Crippen molar-refractivity contribution < 1.29 is 24.7 Å². The van der Waals surface area contributed by atoms with Crippen LogP contribution in [0.2, 0.25) is 12.6 Å². The maximum absolute atomic E-state index is 13.1. The summed E-state index contributed by atoms with van der Waals surface area (Å²) in [4.78, 5) is 0. The van der Waals surface area contributed by atoms with Gasteiger partial charge in [-0.1, -0.05) is 13.3 Å². The Morgan fingerprint density at radius 3 is 2.31 bits per heavy atom. The number of hydrogen-bond acceptors (Lipinski definition) is 3. The second-order valence-electron chi connectivity index (χ2n) is 2.85. The van der Waals surface area contributed by atoms with E-state index in [0.717, 1.165) is 6.55 Å². The van der Waals surface area contributed by atoms with Crippen molar-refractivity contribution in [2.24, 2.45) is 0 Å². The summed E-state index contributed by atoms with van der Waals surface area (Å²) in [5, 5.41) is 0. The van der Waals surface area contributed by atoms with Crippen molar-refractivity contribution in [1.29, 1.82) is 0 Å². The Morgan fingerprint density at radius 1 is 1.23 bits per heavy atom. The minimum absolute atomic E-state index is 0.401. The maximum atomic E-state index is 13.1. The molecule has 0 saturated carbocycles. The first-order chi connectivity index (χ1) is 5.85. The fraction of sp³-hybridized carbons (Fsp3) is 1.00. The average molecular weight is 248 g/mol. The molecule has 1 aliphatic heterocycles. The van der Waals surface area contributed by atoms with Crippen LogP contribution in [0.4, 0.5) is 12.3 Å². The molecule has 78 valence electrons. The third-order valence-electron chi connectivity index (χ3n) is 1.44. The zero-order valence-electron chi connectivity index (χ0n) is 7.35. The van der Waals surface area contributed by atoms with E-state index in [1.54, 1.807) is 0 Å². The van der Waals surface area contributed by atoms with E-state index < -0.39 is 27.4 Å². The van der Waals surface area contributed by atoms with Gasteiger partial charge < -0.3 is 12.3 Å². The van der Waals surface area contributed by atoms with Gasteiger partial charge >= 0.3 is 27.4 Å². The highest BCUT2D eigenvalue weighted by Crippen LogP contribution is 2.28. The lowest BCUT2D eigenvalue weighted by atomic mass is 10.6. The summed E-state index contributed by atoms with van der Waals surface area (Å²) < 4.78 is 51.6. The molecule has 2 unspecified atom stereocenters. The summed E-state index contributed by atoms with van der Waals surface area (Å²) in [5.74, 6) is 0. The van der Waals surface area contributed by atoms with Crippen molar-refractivity contribution in [3.8, 4) is 0 Å². The molecule has 9 heteroatoms. The van der Waals surface area contributed by atoms with Gasteiger partial charge in [0.2, 0.25) is 0 Å². The van der Waals surface area contributed by atoms with Crippen LogP contribution < -0.4 is 0 Å². The summed E-state index contributed by atoms with van der Waals surface area (Å²) in [6.07, 6.45) is 0.659. The van der Waals surface area contributed by atoms with Gasteiger partial charge in [-0.3, -0.25) is 0 Å². The van der Waals surface area contributed by atoms with Gasteiger partial charge in [0.05, 0.1) is 0 Å². The summed E-state index contributed by atoms with van der Waals surface area (Å²) >= 11 is 0. The Balaban J connectivity index is 2.61. The first kappa shape index (κ1) is 11.4. The molecule has 1 aliphatic rings. The SMILES string of the molecule is CCC[SiH]1O[Si](C)(F)O[Si](F)(F)O1. The Labute approximate surface area is 78.7 Å². The van der Waals surface area contributed by atoms with Gasteiger partial charge in [-0.25, -0.2) is 12.3 Å². The third-order valence-corrected chi connectivity index (χ3v) is 9.78. The molecule has 0 radical (unpaired) electrons. The quantitative estimate of drug-likeness (QED) is 0.549. The minimum atomic E-state index is -5.20.